The van der Waals surface area contributed by atoms with E-state index in [1.54, 1.807) is 7.11 Å². The van der Waals surface area contributed by atoms with Crippen molar-refractivity contribution in [3.05, 3.63) is 28.3 Å². The van der Waals surface area contributed by atoms with Crippen LogP contribution in [0, 0.1) is 6.92 Å². The van der Waals surface area contributed by atoms with Gasteiger partial charge >= 0.3 is 0 Å². The van der Waals surface area contributed by atoms with Gasteiger partial charge in [-0.1, -0.05) is 6.08 Å². The van der Waals surface area contributed by atoms with E-state index >= 15 is 0 Å². The molecule has 0 saturated heterocycles. The smallest absolute Gasteiger partial charge is 0.131 e. The molecule has 0 N–H and O–H groups in total. The molecule has 1 aliphatic heterocycles. The molecule has 1 aliphatic carbocycles. The lowest BCUT2D eigenvalue weighted by Crippen LogP contribution is -2.29. The van der Waals surface area contributed by atoms with Gasteiger partial charge in [-0.15, -0.1) is 0 Å². The average Bonchev–Trinajstić information content (AvgIpc) is 2.38. The summed E-state index contributed by atoms with van der Waals surface area (Å²) in [5.74, 6) is 2.17. The van der Waals surface area contributed by atoms with E-state index in [2.05, 4.69) is 32.9 Å². The van der Waals surface area contributed by atoms with Crippen LogP contribution in [0.15, 0.2) is 6.08 Å². The van der Waals surface area contributed by atoms with Gasteiger partial charge in [-0.05, 0) is 52.5 Å². The van der Waals surface area contributed by atoms with Crippen molar-refractivity contribution in [1.82, 2.24) is 0 Å². The van der Waals surface area contributed by atoms with Crippen LogP contribution in [0.3, 0.4) is 0 Å². The molecule has 1 aromatic rings. The van der Waals surface area contributed by atoms with Crippen LogP contribution in [-0.4, -0.2) is 12.7 Å². The Labute approximate surface area is 115 Å². The van der Waals surface area contributed by atoms with Crippen molar-refractivity contribution in [1.29, 1.82) is 0 Å². The lowest BCUT2D eigenvalue weighted by molar-refractivity contribution is 0.156. The number of methoxy groups -OCH3 is 1. The molecule has 0 bridgehead atoms. The predicted octanol–water partition coefficient (Wildman–Crippen LogP) is 4.07. The van der Waals surface area contributed by atoms with E-state index in [9.17, 15) is 0 Å². The Hall–Kier alpha value is -1.44. The van der Waals surface area contributed by atoms with Crippen molar-refractivity contribution in [3.63, 3.8) is 0 Å². The molecule has 19 heavy (non-hydrogen) atoms. The number of hydrogen-bond donors (Lipinski definition) is 0. The Morgan fingerprint density at radius 2 is 1.84 bits per heavy atom. The lowest BCUT2D eigenvalue weighted by Gasteiger charge is -2.33. The highest BCUT2D eigenvalue weighted by Crippen LogP contribution is 2.45. The topological polar surface area (TPSA) is 18.5 Å². The Kier molecular flexibility index (Phi) is 2.84. The molecule has 3 rings (SSSR count). The monoisotopic (exact) mass is 258 g/mol. The Morgan fingerprint density at radius 3 is 2.53 bits per heavy atom. The number of ether oxygens (including phenoxy) is 2. The van der Waals surface area contributed by atoms with Crippen LogP contribution in [0.1, 0.15) is 48.9 Å². The lowest BCUT2D eigenvalue weighted by atomic mass is 9.84. The quantitative estimate of drug-likeness (QED) is 0.756. The van der Waals surface area contributed by atoms with Gasteiger partial charge in [-0.3, -0.25) is 0 Å². The van der Waals surface area contributed by atoms with Crippen LogP contribution >= 0.6 is 0 Å². The Bertz CT molecular complexity index is 553. The highest BCUT2D eigenvalue weighted by atomic mass is 16.5. The minimum absolute atomic E-state index is 0.209. The van der Waals surface area contributed by atoms with Crippen LogP contribution in [-0.2, 0) is 12.8 Å². The van der Waals surface area contributed by atoms with Gasteiger partial charge in [0.2, 0.25) is 0 Å². The second-order valence-electron chi connectivity index (χ2n) is 6.10. The zero-order chi connectivity index (χ0) is 13.6. The van der Waals surface area contributed by atoms with E-state index in [1.165, 1.54) is 35.1 Å². The average molecular weight is 258 g/mol. The van der Waals surface area contributed by atoms with Crippen molar-refractivity contribution in [2.75, 3.05) is 7.11 Å². The van der Waals surface area contributed by atoms with E-state index in [-0.39, 0.29) is 5.60 Å². The Balaban J connectivity index is 2.27. The van der Waals surface area contributed by atoms with Crippen molar-refractivity contribution in [2.24, 2.45) is 0 Å². The molecule has 0 fully saturated rings. The standard InChI is InChI=1S/C17H22O2/c1-11-12-9-10-17(2,3)19-16(12)14-8-6-5-7-13(14)15(11)18-4/h9-10H,5-8H2,1-4H3. The first-order valence-electron chi connectivity index (χ1n) is 7.14. The fraction of sp³-hybridized carbons (Fsp3) is 0.529. The van der Waals surface area contributed by atoms with Crippen LogP contribution in [0.5, 0.6) is 11.5 Å². The first kappa shape index (κ1) is 12.6. The summed E-state index contributed by atoms with van der Waals surface area (Å²) in [5.41, 5.74) is 4.96. The predicted molar refractivity (Wildman–Crippen MR) is 78.1 cm³/mol. The van der Waals surface area contributed by atoms with Gasteiger partial charge in [-0.25, -0.2) is 0 Å². The van der Waals surface area contributed by atoms with Gasteiger partial charge in [0.05, 0.1) is 7.11 Å². The number of benzene rings is 1. The molecular formula is C17H22O2. The van der Waals surface area contributed by atoms with Crippen molar-refractivity contribution in [3.8, 4) is 11.5 Å². The maximum atomic E-state index is 6.26. The molecule has 0 aromatic heterocycles. The first-order valence-corrected chi connectivity index (χ1v) is 7.14. The molecule has 0 saturated carbocycles. The minimum atomic E-state index is -0.209. The highest BCUT2D eigenvalue weighted by Gasteiger charge is 2.30. The van der Waals surface area contributed by atoms with Crippen LogP contribution in [0.2, 0.25) is 0 Å². The van der Waals surface area contributed by atoms with E-state index in [0.29, 0.717) is 0 Å². The van der Waals surface area contributed by atoms with Crippen LogP contribution < -0.4 is 9.47 Å². The van der Waals surface area contributed by atoms with Gasteiger partial charge in [0.1, 0.15) is 17.1 Å². The fourth-order valence-corrected chi connectivity index (χ4v) is 3.26. The summed E-state index contributed by atoms with van der Waals surface area (Å²) in [4.78, 5) is 0. The maximum absolute atomic E-state index is 6.26. The minimum Gasteiger partial charge on any atom is -0.496 e. The van der Waals surface area contributed by atoms with Gasteiger partial charge in [0.25, 0.3) is 0 Å². The van der Waals surface area contributed by atoms with E-state index in [0.717, 1.165) is 24.3 Å². The second-order valence-corrected chi connectivity index (χ2v) is 6.10. The van der Waals surface area contributed by atoms with Crippen molar-refractivity contribution < 1.29 is 9.47 Å². The first-order chi connectivity index (χ1) is 9.03. The molecule has 0 unspecified atom stereocenters. The summed E-state index contributed by atoms with van der Waals surface area (Å²) in [7, 11) is 1.78. The largest absolute Gasteiger partial charge is 0.496 e. The van der Waals surface area contributed by atoms with Crippen LogP contribution in [0.4, 0.5) is 0 Å². The molecule has 0 amide bonds. The molecule has 1 aromatic carbocycles. The summed E-state index contributed by atoms with van der Waals surface area (Å²) in [5, 5.41) is 0. The molecule has 2 nitrogen and oxygen atoms in total. The van der Waals surface area contributed by atoms with Crippen molar-refractivity contribution >= 4 is 6.08 Å². The van der Waals surface area contributed by atoms with Gasteiger partial charge in [0.15, 0.2) is 0 Å². The summed E-state index contributed by atoms with van der Waals surface area (Å²) >= 11 is 0. The Morgan fingerprint density at radius 1 is 1.16 bits per heavy atom. The number of hydrogen-bond acceptors (Lipinski definition) is 2. The zero-order valence-electron chi connectivity index (χ0n) is 12.3. The van der Waals surface area contributed by atoms with Crippen LogP contribution in [0.25, 0.3) is 6.08 Å². The molecule has 102 valence electrons. The second kappa shape index (κ2) is 4.29. The molecular weight excluding hydrogens is 236 g/mol. The summed E-state index contributed by atoms with van der Waals surface area (Å²) in [6.45, 7) is 6.36. The summed E-state index contributed by atoms with van der Waals surface area (Å²) in [6.07, 6.45) is 9.06. The molecule has 1 heterocycles. The summed E-state index contributed by atoms with van der Waals surface area (Å²) < 4.78 is 11.9. The molecule has 0 radical (unpaired) electrons. The van der Waals surface area contributed by atoms with Crippen molar-refractivity contribution in [2.45, 2.75) is 52.1 Å². The van der Waals surface area contributed by atoms with Gasteiger partial charge < -0.3 is 9.47 Å². The number of rotatable bonds is 1. The molecule has 0 atom stereocenters. The number of fused-ring (bicyclic) bond motifs is 3. The highest BCUT2D eigenvalue weighted by molar-refractivity contribution is 5.72. The fourth-order valence-electron chi connectivity index (χ4n) is 3.26. The van der Waals surface area contributed by atoms with Gasteiger partial charge in [-0.2, -0.15) is 0 Å². The van der Waals surface area contributed by atoms with Gasteiger partial charge in [0, 0.05) is 22.3 Å². The molecule has 0 spiro atoms. The molecule has 2 aliphatic rings. The third-order valence-corrected chi connectivity index (χ3v) is 4.23. The normalized spacial score (nSPS) is 19.4. The SMILES string of the molecule is COc1c(C)c2c(c3c1CCCC3)OC(C)(C)C=C2. The maximum Gasteiger partial charge on any atom is 0.131 e. The van der Waals surface area contributed by atoms with E-state index < -0.39 is 0 Å². The third kappa shape index (κ3) is 1.94. The third-order valence-electron chi connectivity index (χ3n) is 4.23. The summed E-state index contributed by atoms with van der Waals surface area (Å²) in [6, 6.07) is 0. The molecule has 2 heteroatoms. The van der Waals surface area contributed by atoms with E-state index in [4.69, 9.17) is 9.47 Å². The van der Waals surface area contributed by atoms with E-state index in [1.807, 2.05) is 0 Å². The zero-order valence-corrected chi connectivity index (χ0v) is 12.3.